The second-order valence-corrected chi connectivity index (χ2v) is 9.16. The largest absolute Gasteiger partial charge is 0.444 e. The number of amides is 2. The highest BCUT2D eigenvalue weighted by Crippen LogP contribution is 2.20. The molecule has 1 atom stereocenters. The van der Waals surface area contributed by atoms with Crippen LogP contribution in [0.1, 0.15) is 56.8 Å². The maximum Gasteiger partial charge on any atom is 0.411 e. The number of rotatable bonds is 4. The molecule has 1 aromatic carbocycles. The average molecular weight is 446 g/mol. The summed E-state index contributed by atoms with van der Waals surface area (Å²) in [5, 5.41) is 4.59. The van der Waals surface area contributed by atoms with Crippen LogP contribution in [0.15, 0.2) is 30.3 Å². The third-order valence-corrected chi connectivity index (χ3v) is 5.37. The summed E-state index contributed by atoms with van der Waals surface area (Å²) in [5.41, 5.74) is -0.236. The van der Waals surface area contributed by atoms with Crippen molar-refractivity contribution in [2.45, 2.75) is 64.1 Å². The summed E-state index contributed by atoms with van der Waals surface area (Å²) in [6.07, 6.45) is 1.08. The number of hydrogen-bond donors (Lipinski definition) is 1. The van der Waals surface area contributed by atoms with Gasteiger partial charge in [-0.2, -0.15) is 0 Å². The molecule has 1 N–H and O–H groups in total. The number of Topliss-reactive ketones (excluding diaryl/α,β-unsaturated/α-hetero) is 1. The first-order valence-electron chi connectivity index (χ1n) is 11.0. The second-order valence-electron chi connectivity index (χ2n) is 9.16. The van der Waals surface area contributed by atoms with Gasteiger partial charge in [-0.1, -0.05) is 18.2 Å². The van der Waals surface area contributed by atoms with Gasteiger partial charge in [-0.25, -0.2) is 9.59 Å². The van der Waals surface area contributed by atoms with E-state index in [2.05, 4.69) is 5.32 Å². The molecular formula is C23H31N3O6. The van der Waals surface area contributed by atoms with E-state index in [1.54, 1.807) is 50.1 Å². The Morgan fingerprint density at radius 3 is 2.31 bits per heavy atom. The number of ketones is 1. The summed E-state index contributed by atoms with van der Waals surface area (Å²) in [5.74, 6) is -0.788. The van der Waals surface area contributed by atoms with E-state index in [9.17, 15) is 19.2 Å². The number of ether oxygens (including phenoxy) is 1. The molecule has 2 saturated heterocycles. The third-order valence-electron chi connectivity index (χ3n) is 5.37. The highest BCUT2D eigenvalue weighted by atomic mass is 16.7. The van der Waals surface area contributed by atoms with E-state index in [4.69, 9.17) is 9.57 Å². The van der Waals surface area contributed by atoms with E-state index < -0.39 is 23.7 Å². The molecule has 1 aromatic rings. The normalized spacial score (nSPS) is 20.5. The lowest BCUT2D eigenvalue weighted by Crippen LogP contribution is -2.57. The molecule has 1 unspecified atom stereocenters. The van der Waals surface area contributed by atoms with E-state index in [1.807, 2.05) is 6.07 Å². The van der Waals surface area contributed by atoms with Crippen molar-refractivity contribution in [2.75, 3.05) is 19.6 Å². The highest BCUT2D eigenvalue weighted by Gasteiger charge is 2.38. The Morgan fingerprint density at radius 2 is 1.69 bits per heavy atom. The average Bonchev–Trinajstić information content (AvgIpc) is 2.74. The van der Waals surface area contributed by atoms with Crippen LogP contribution in [0.2, 0.25) is 0 Å². The van der Waals surface area contributed by atoms with Crippen LogP contribution in [0.25, 0.3) is 0 Å². The number of hydroxylamine groups is 2. The minimum Gasteiger partial charge on any atom is -0.444 e. The fourth-order valence-electron chi connectivity index (χ4n) is 3.75. The van der Waals surface area contributed by atoms with E-state index in [1.165, 1.54) is 4.90 Å². The summed E-state index contributed by atoms with van der Waals surface area (Å²) in [6, 6.07) is 7.93. The summed E-state index contributed by atoms with van der Waals surface area (Å²) < 4.78 is 5.38. The van der Waals surface area contributed by atoms with Gasteiger partial charge >= 0.3 is 12.1 Å². The first-order chi connectivity index (χ1) is 15.1. The Kier molecular flexibility index (Phi) is 7.50. The second kappa shape index (κ2) is 10.1. The first kappa shape index (κ1) is 23.7. The van der Waals surface area contributed by atoms with Crippen LogP contribution in [0.4, 0.5) is 4.79 Å². The SMILES string of the molecule is CC(C)(C)OC(=O)N1CC(=O)CCC1C(=O)NC1CCN(OC(=O)c2ccccc2)CC1. The Hall–Kier alpha value is -2.94. The molecular weight excluding hydrogens is 414 g/mol. The van der Waals surface area contributed by atoms with Crippen LogP contribution in [-0.4, -0.2) is 71.0 Å². The Morgan fingerprint density at radius 1 is 1.03 bits per heavy atom. The number of carbonyl (C=O) groups is 4. The van der Waals surface area contributed by atoms with Gasteiger partial charge in [-0.15, -0.1) is 5.06 Å². The van der Waals surface area contributed by atoms with Gasteiger partial charge in [0.1, 0.15) is 11.6 Å². The van der Waals surface area contributed by atoms with Gasteiger partial charge < -0.3 is 14.9 Å². The van der Waals surface area contributed by atoms with E-state index in [-0.39, 0.29) is 37.1 Å². The number of piperidine rings is 2. The maximum atomic E-state index is 12.9. The van der Waals surface area contributed by atoms with E-state index in [0.29, 0.717) is 31.5 Å². The molecule has 2 aliphatic rings. The molecule has 3 rings (SSSR count). The van der Waals surface area contributed by atoms with Crippen LogP contribution < -0.4 is 5.32 Å². The Bertz CT molecular complexity index is 843. The molecule has 174 valence electrons. The molecule has 0 aromatic heterocycles. The molecule has 0 bridgehead atoms. The summed E-state index contributed by atoms with van der Waals surface area (Å²) >= 11 is 0. The van der Waals surface area contributed by atoms with Gasteiger partial charge in [0.25, 0.3) is 0 Å². The molecule has 9 nitrogen and oxygen atoms in total. The van der Waals surface area contributed by atoms with Crippen molar-refractivity contribution in [1.29, 1.82) is 0 Å². The predicted octanol–water partition coefficient (Wildman–Crippen LogP) is 2.31. The molecule has 0 aliphatic carbocycles. The maximum absolute atomic E-state index is 12.9. The number of hydrogen-bond acceptors (Lipinski definition) is 7. The minimum absolute atomic E-state index is 0.0894. The first-order valence-corrected chi connectivity index (χ1v) is 11.0. The van der Waals surface area contributed by atoms with Crippen LogP contribution in [0.3, 0.4) is 0 Å². The Labute approximate surface area is 188 Å². The smallest absolute Gasteiger partial charge is 0.411 e. The minimum atomic E-state index is -0.739. The molecule has 2 fully saturated rings. The molecule has 0 saturated carbocycles. The van der Waals surface area contributed by atoms with Gasteiger partial charge in [0.2, 0.25) is 5.91 Å². The van der Waals surface area contributed by atoms with Gasteiger partial charge in [-0.05, 0) is 52.2 Å². The zero-order chi connectivity index (χ0) is 23.3. The summed E-state index contributed by atoms with van der Waals surface area (Å²) in [4.78, 5) is 56.2. The molecule has 9 heteroatoms. The molecule has 2 aliphatic heterocycles. The van der Waals surface area contributed by atoms with Crippen LogP contribution in [0, 0.1) is 0 Å². The van der Waals surface area contributed by atoms with Crippen molar-refractivity contribution in [3.63, 3.8) is 0 Å². The van der Waals surface area contributed by atoms with E-state index in [0.717, 1.165) is 0 Å². The zero-order valence-corrected chi connectivity index (χ0v) is 18.8. The lowest BCUT2D eigenvalue weighted by Gasteiger charge is -2.37. The number of nitrogens with one attached hydrogen (secondary N) is 1. The van der Waals surface area contributed by atoms with Gasteiger partial charge in [0.05, 0.1) is 12.1 Å². The third kappa shape index (κ3) is 6.53. The van der Waals surface area contributed by atoms with Crippen LogP contribution in [0.5, 0.6) is 0 Å². The number of carbonyl (C=O) groups excluding carboxylic acids is 4. The van der Waals surface area contributed by atoms with Crippen molar-refractivity contribution in [3.05, 3.63) is 35.9 Å². The monoisotopic (exact) mass is 445 g/mol. The fraction of sp³-hybridized carbons (Fsp3) is 0.565. The van der Waals surface area contributed by atoms with Crippen molar-refractivity contribution >= 4 is 23.8 Å². The molecule has 2 heterocycles. The quantitative estimate of drug-likeness (QED) is 0.758. The topological polar surface area (TPSA) is 105 Å². The lowest BCUT2D eigenvalue weighted by atomic mass is 9.99. The molecule has 2 amide bonds. The molecule has 0 spiro atoms. The van der Waals surface area contributed by atoms with Crippen molar-refractivity contribution in [1.82, 2.24) is 15.3 Å². The lowest BCUT2D eigenvalue weighted by molar-refractivity contribution is -0.136. The summed E-state index contributed by atoms with van der Waals surface area (Å²) in [7, 11) is 0. The van der Waals surface area contributed by atoms with Crippen LogP contribution >= 0.6 is 0 Å². The van der Waals surface area contributed by atoms with Crippen molar-refractivity contribution in [2.24, 2.45) is 0 Å². The molecule has 0 radical (unpaired) electrons. The highest BCUT2D eigenvalue weighted by molar-refractivity contribution is 5.92. The zero-order valence-electron chi connectivity index (χ0n) is 18.8. The number of benzene rings is 1. The predicted molar refractivity (Wildman–Crippen MR) is 116 cm³/mol. The Balaban J connectivity index is 1.51. The van der Waals surface area contributed by atoms with Crippen molar-refractivity contribution in [3.8, 4) is 0 Å². The van der Waals surface area contributed by atoms with E-state index >= 15 is 0 Å². The van der Waals surface area contributed by atoms with Crippen LogP contribution in [-0.2, 0) is 19.2 Å². The number of nitrogens with zero attached hydrogens (tertiary/aromatic N) is 2. The van der Waals surface area contributed by atoms with Crippen molar-refractivity contribution < 1.29 is 28.8 Å². The molecule has 32 heavy (non-hydrogen) atoms. The van der Waals surface area contributed by atoms with Gasteiger partial charge in [0, 0.05) is 25.6 Å². The van der Waals surface area contributed by atoms with Gasteiger partial charge in [0.15, 0.2) is 5.78 Å². The summed E-state index contributed by atoms with van der Waals surface area (Å²) in [6.45, 7) is 6.07. The van der Waals surface area contributed by atoms with Gasteiger partial charge in [-0.3, -0.25) is 14.5 Å². The fourth-order valence-corrected chi connectivity index (χ4v) is 3.75. The number of likely N-dealkylation sites (tertiary alicyclic amines) is 1. The standard InChI is InChI=1S/C23H31N3O6/c1-23(2,3)31-22(30)26-15-18(27)9-10-19(26)20(28)24-17-11-13-25(14-12-17)32-21(29)16-7-5-4-6-8-16/h4-8,17,19H,9-15H2,1-3H3,(H,24,28).